The van der Waals surface area contributed by atoms with Crippen LogP contribution in [-0.4, -0.2) is 5.11 Å². The number of hydrogen-bond donors (Lipinski definition) is 1. The molecule has 0 aliphatic rings. The van der Waals surface area contributed by atoms with Crippen molar-refractivity contribution in [1.29, 1.82) is 0 Å². The summed E-state index contributed by atoms with van der Waals surface area (Å²) >= 11 is 0. The molecule has 0 aromatic heterocycles. The Hall–Kier alpha value is -1.76. The quantitative estimate of drug-likeness (QED) is 0.721. The van der Waals surface area contributed by atoms with Crippen LogP contribution in [0.15, 0.2) is 44.0 Å². The minimum absolute atomic E-state index is 0.386. The molecule has 1 N–H and O–H groups in total. The van der Waals surface area contributed by atoms with E-state index < -0.39 is 0 Å². The molecule has 1 nitrogen and oxygen atoms in total. The molecular formula is C16H20O. The fourth-order valence-electron chi connectivity index (χ4n) is 1.77. The Labute approximate surface area is 104 Å². The fourth-order valence-corrected chi connectivity index (χ4v) is 1.77. The van der Waals surface area contributed by atoms with Crippen LogP contribution in [0.3, 0.4) is 0 Å². The van der Waals surface area contributed by atoms with Crippen molar-refractivity contribution >= 4 is 5.57 Å². The highest BCUT2D eigenvalue weighted by molar-refractivity contribution is 5.65. The second-order valence-electron chi connectivity index (χ2n) is 4.24. The van der Waals surface area contributed by atoms with E-state index in [9.17, 15) is 5.11 Å². The van der Waals surface area contributed by atoms with E-state index in [2.05, 4.69) is 19.7 Å². The van der Waals surface area contributed by atoms with Gasteiger partial charge in [0, 0.05) is 0 Å². The minimum atomic E-state index is 0.386. The lowest BCUT2D eigenvalue weighted by atomic mass is 9.96. The average molecular weight is 228 g/mol. The molecule has 90 valence electrons. The van der Waals surface area contributed by atoms with Crippen molar-refractivity contribution in [3.05, 3.63) is 60.7 Å². The molecule has 0 unspecified atom stereocenters. The zero-order chi connectivity index (χ0) is 12.8. The molecule has 0 radical (unpaired) electrons. The Morgan fingerprint density at radius 2 is 1.88 bits per heavy atom. The number of phenols is 1. The molecular weight excluding hydrogens is 208 g/mol. The maximum Gasteiger partial charge on any atom is 0.122 e. The van der Waals surface area contributed by atoms with Gasteiger partial charge in [-0.05, 0) is 55.0 Å². The lowest BCUT2D eigenvalue weighted by Gasteiger charge is -2.12. The number of hydrogen-bond acceptors (Lipinski definition) is 1. The number of aryl methyl sites for hydroxylation is 1. The van der Waals surface area contributed by atoms with Gasteiger partial charge in [-0.15, -0.1) is 13.2 Å². The van der Waals surface area contributed by atoms with Gasteiger partial charge < -0.3 is 5.11 Å². The van der Waals surface area contributed by atoms with Gasteiger partial charge in [-0.1, -0.05) is 24.3 Å². The number of aromatic hydroxyl groups is 1. The summed E-state index contributed by atoms with van der Waals surface area (Å²) in [6.07, 6.45) is 6.00. The molecule has 0 saturated carbocycles. The van der Waals surface area contributed by atoms with Gasteiger partial charge in [-0.25, -0.2) is 0 Å². The highest BCUT2D eigenvalue weighted by Crippen LogP contribution is 2.29. The monoisotopic (exact) mass is 228 g/mol. The Kier molecular flexibility index (Phi) is 4.77. The lowest BCUT2D eigenvalue weighted by Crippen LogP contribution is -1.94. The molecule has 0 saturated heterocycles. The zero-order valence-corrected chi connectivity index (χ0v) is 10.5. The van der Waals surface area contributed by atoms with E-state index in [1.165, 1.54) is 0 Å². The molecule has 0 heterocycles. The summed E-state index contributed by atoms with van der Waals surface area (Å²) < 4.78 is 0. The van der Waals surface area contributed by atoms with Gasteiger partial charge in [-0.2, -0.15) is 0 Å². The van der Waals surface area contributed by atoms with Crippen LogP contribution in [0.2, 0.25) is 0 Å². The molecule has 1 aromatic carbocycles. The first-order valence-electron chi connectivity index (χ1n) is 5.82. The third kappa shape index (κ3) is 3.35. The molecule has 0 aliphatic heterocycles. The van der Waals surface area contributed by atoms with E-state index in [1.54, 1.807) is 6.08 Å². The number of benzene rings is 1. The summed E-state index contributed by atoms with van der Waals surface area (Å²) in [5, 5.41) is 10.1. The van der Waals surface area contributed by atoms with Gasteiger partial charge in [0.05, 0.1) is 0 Å². The molecule has 1 rings (SSSR count). The Balaban J connectivity index is 3.21. The van der Waals surface area contributed by atoms with Crippen molar-refractivity contribution in [2.45, 2.75) is 26.2 Å². The Morgan fingerprint density at radius 3 is 2.41 bits per heavy atom. The summed E-state index contributed by atoms with van der Waals surface area (Å²) in [6, 6.07) is 3.99. The maximum absolute atomic E-state index is 10.1. The largest absolute Gasteiger partial charge is 0.507 e. The number of phenolic OH excluding ortho intramolecular Hbond substituents is 1. The van der Waals surface area contributed by atoms with E-state index in [0.29, 0.717) is 12.2 Å². The second kappa shape index (κ2) is 6.09. The van der Waals surface area contributed by atoms with E-state index >= 15 is 0 Å². The molecule has 1 aromatic rings. The molecule has 0 fully saturated rings. The van der Waals surface area contributed by atoms with Crippen LogP contribution in [0.5, 0.6) is 5.75 Å². The van der Waals surface area contributed by atoms with Crippen LogP contribution in [-0.2, 0) is 12.8 Å². The van der Waals surface area contributed by atoms with Gasteiger partial charge in [0.15, 0.2) is 0 Å². The summed E-state index contributed by atoms with van der Waals surface area (Å²) in [7, 11) is 0. The second-order valence-corrected chi connectivity index (χ2v) is 4.24. The van der Waals surface area contributed by atoms with Crippen molar-refractivity contribution < 1.29 is 5.11 Å². The molecule has 0 atom stereocenters. The first-order chi connectivity index (χ1) is 8.10. The molecule has 0 aliphatic carbocycles. The summed E-state index contributed by atoms with van der Waals surface area (Å²) in [6.45, 7) is 13.3. The van der Waals surface area contributed by atoms with Crippen LogP contribution >= 0.6 is 0 Å². The standard InChI is InChI=1S/C16H20O/c1-5-7-9-14-11-15(12(3)4)10-13(8-6-2)16(14)17/h5-6,10-11,17H,1-3,7-9H2,4H3. The van der Waals surface area contributed by atoms with Gasteiger partial charge in [-0.3, -0.25) is 0 Å². The smallest absolute Gasteiger partial charge is 0.122 e. The van der Waals surface area contributed by atoms with Gasteiger partial charge in [0.1, 0.15) is 5.75 Å². The minimum Gasteiger partial charge on any atom is -0.507 e. The maximum atomic E-state index is 10.1. The molecule has 0 amide bonds. The van der Waals surface area contributed by atoms with Crippen molar-refractivity contribution in [3.8, 4) is 5.75 Å². The predicted octanol–water partition coefficient (Wildman–Crippen LogP) is 4.27. The predicted molar refractivity (Wildman–Crippen MR) is 75.2 cm³/mol. The van der Waals surface area contributed by atoms with Gasteiger partial charge in [0.25, 0.3) is 0 Å². The van der Waals surface area contributed by atoms with Crippen LogP contribution in [0.4, 0.5) is 0 Å². The van der Waals surface area contributed by atoms with Crippen molar-refractivity contribution in [2.75, 3.05) is 0 Å². The first-order valence-corrected chi connectivity index (χ1v) is 5.82. The molecule has 0 spiro atoms. The van der Waals surface area contributed by atoms with Gasteiger partial charge in [0.2, 0.25) is 0 Å². The van der Waals surface area contributed by atoms with E-state index in [-0.39, 0.29) is 0 Å². The van der Waals surface area contributed by atoms with Gasteiger partial charge >= 0.3 is 0 Å². The summed E-state index contributed by atoms with van der Waals surface area (Å²) in [5.41, 5.74) is 3.97. The average Bonchev–Trinajstić information content (AvgIpc) is 2.30. The summed E-state index contributed by atoms with van der Waals surface area (Å²) in [5.74, 6) is 0.386. The van der Waals surface area contributed by atoms with E-state index in [4.69, 9.17) is 0 Å². The molecule has 1 heteroatoms. The normalized spacial score (nSPS) is 9.94. The third-order valence-corrected chi connectivity index (χ3v) is 2.74. The van der Waals surface area contributed by atoms with Crippen LogP contribution in [0.25, 0.3) is 5.57 Å². The van der Waals surface area contributed by atoms with Crippen LogP contribution in [0, 0.1) is 0 Å². The Bertz CT molecular complexity index is 441. The van der Waals surface area contributed by atoms with Crippen LogP contribution in [0.1, 0.15) is 30.0 Å². The van der Waals surface area contributed by atoms with Crippen molar-refractivity contribution in [3.63, 3.8) is 0 Å². The lowest BCUT2D eigenvalue weighted by molar-refractivity contribution is 0.462. The highest BCUT2D eigenvalue weighted by Gasteiger charge is 2.09. The highest BCUT2D eigenvalue weighted by atomic mass is 16.3. The Morgan fingerprint density at radius 1 is 1.24 bits per heavy atom. The van der Waals surface area contributed by atoms with E-state index in [0.717, 1.165) is 35.1 Å². The van der Waals surface area contributed by atoms with E-state index in [1.807, 2.05) is 25.1 Å². The van der Waals surface area contributed by atoms with Crippen molar-refractivity contribution in [1.82, 2.24) is 0 Å². The topological polar surface area (TPSA) is 20.2 Å². The third-order valence-electron chi connectivity index (χ3n) is 2.74. The van der Waals surface area contributed by atoms with Crippen molar-refractivity contribution in [2.24, 2.45) is 0 Å². The number of allylic oxidation sites excluding steroid dienone is 3. The molecule has 0 bridgehead atoms. The fraction of sp³-hybridized carbons (Fsp3) is 0.250. The number of rotatable bonds is 6. The zero-order valence-electron chi connectivity index (χ0n) is 10.5. The molecule has 17 heavy (non-hydrogen) atoms. The first kappa shape index (κ1) is 13.3. The van der Waals surface area contributed by atoms with Crippen LogP contribution < -0.4 is 0 Å². The SMILES string of the molecule is C=CCCc1cc(C(=C)C)cc(CC=C)c1O. The summed E-state index contributed by atoms with van der Waals surface area (Å²) in [4.78, 5) is 0.